The Morgan fingerprint density at radius 2 is 2.20 bits per heavy atom. The van der Waals surface area contributed by atoms with E-state index in [1.165, 1.54) is 0 Å². The summed E-state index contributed by atoms with van der Waals surface area (Å²) in [6.07, 6.45) is 4.76. The number of aromatic nitrogens is 2. The van der Waals surface area contributed by atoms with Gasteiger partial charge in [0.15, 0.2) is 0 Å². The molecule has 0 radical (unpaired) electrons. The number of nitrogens with one attached hydrogen (secondary N) is 1. The van der Waals surface area contributed by atoms with Crippen LogP contribution in [0.25, 0.3) is 10.2 Å². The van der Waals surface area contributed by atoms with E-state index < -0.39 is 5.97 Å². The molecule has 0 amide bonds. The molecular weight excluding hydrogens is 274 g/mol. The molecule has 0 spiro atoms. The molecule has 5 nitrogen and oxygen atoms in total. The molecule has 20 heavy (non-hydrogen) atoms. The first-order valence-corrected chi connectivity index (χ1v) is 7.79. The van der Waals surface area contributed by atoms with Crippen LogP contribution in [0.1, 0.15) is 19.3 Å². The first-order chi connectivity index (χ1) is 9.74. The van der Waals surface area contributed by atoms with E-state index in [4.69, 9.17) is 0 Å². The third-order valence-corrected chi connectivity index (χ3v) is 5.66. The number of carboxylic acids is 1. The molecule has 2 saturated carbocycles. The van der Waals surface area contributed by atoms with Crippen LogP contribution >= 0.6 is 11.3 Å². The van der Waals surface area contributed by atoms with Gasteiger partial charge in [-0.1, -0.05) is 0 Å². The molecular formula is C14H15N3O2S. The zero-order valence-electron chi connectivity index (χ0n) is 10.8. The quantitative estimate of drug-likeness (QED) is 0.908. The number of thiophene rings is 1. The fourth-order valence-electron chi connectivity index (χ4n) is 3.90. The zero-order chi connectivity index (χ0) is 13.7. The minimum absolute atomic E-state index is 0.00597. The summed E-state index contributed by atoms with van der Waals surface area (Å²) in [5.74, 6) is 0.625. The van der Waals surface area contributed by atoms with Crippen molar-refractivity contribution in [2.75, 3.05) is 5.32 Å². The van der Waals surface area contributed by atoms with Crippen molar-refractivity contribution in [3.8, 4) is 0 Å². The predicted octanol–water partition coefficient (Wildman–Crippen LogP) is 2.60. The van der Waals surface area contributed by atoms with Crippen molar-refractivity contribution >= 4 is 33.3 Å². The molecule has 2 aliphatic carbocycles. The first kappa shape index (κ1) is 12.1. The molecule has 2 heterocycles. The minimum Gasteiger partial charge on any atom is -0.481 e. The van der Waals surface area contributed by atoms with Gasteiger partial charge in [-0.25, -0.2) is 9.97 Å². The summed E-state index contributed by atoms with van der Waals surface area (Å²) < 4.78 is 1.01. The van der Waals surface area contributed by atoms with Crippen LogP contribution in [0.2, 0.25) is 0 Å². The third-order valence-electron chi connectivity index (χ3n) is 4.75. The summed E-state index contributed by atoms with van der Waals surface area (Å²) in [5.41, 5.74) is 0.919. The van der Waals surface area contributed by atoms with Gasteiger partial charge in [0, 0.05) is 6.04 Å². The Bertz CT molecular complexity index is 671. The topological polar surface area (TPSA) is 75.1 Å². The van der Waals surface area contributed by atoms with Gasteiger partial charge in [-0.05, 0) is 42.5 Å². The maximum atomic E-state index is 11.5. The van der Waals surface area contributed by atoms with Gasteiger partial charge in [0.2, 0.25) is 0 Å². The fourth-order valence-corrected chi connectivity index (χ4v) is 4.70. The van der Waals surface area contributed by atoms with Crippen LogP contribution in [0.15, 0.2) is 17.8 Å². The molecule has 2 bridgehead atoms. The number of fused-ring (bicyclic) bond motifs is 3. The smallest absolute Gasteiger partial charge is 0.308 e. The maximum absolute atomic E-state index is 11.5. The molecule has 6 heteroatoms. The molecule has 2 fully saturated rings. The second-order valence-electron chi connectivity index (χ2n) is 5.72. The van der Waals surface area contributed by atoms with Crippen molar-refractivity contribution in [1.29, 1.82) is 0 Å². The molecule has 2 aliphatic rings. The number of hydrogen-bond donors (Lipinski definition) is 2. The Balaban J connectivity index is 1.68. The first-order valence-electron chi connectivity index (χ1n) is 6.91. The van der Waals surface area contributed by atoms with Crippen LogP contribution in [-0.2, 0) is 4.79 Å². The number of nitrogens with zero attached hydrogens (tertiary/aromatic N) is 2. The van der Waals surface area contributed by atoms with Crippen LogP contribution < -0.4 is 5.32 Å². The van der Waals surface area contributed by atoms with Crippen LogP contribution in [0.3, 0.4) is 0 Å². The number of hydrogen-bond acceptors (Lipinski definition) is 5. The fraction of sp³-hybridized carbons (Fsp3) is 0.500. The molecule has 0 saturated heterocycles. The molecule has 4 unspecified atom stereocenters. The van der Waals surface area contributed by atoms with Crippen LogP contribution in [0.5, 0.6) is 0 Å². The van der Waals surface area contributed by atoms with Crippen molar-refractivity contribution in [3.63, 3.8) is 0 Å². The summed E-state index contributed by atoms with van der Waals surface area (Å²) >= 11 is 1.59. The average molecular weight is 289 g/mol. The summed E-state index contributed by atoms with van der Waals surface area (Å²) in [7, 11) is 0. The lowest BCUT2D eigenvalue weighted by Crippen LogP contribution is -2.39. The third kappa shape index (κ3) is 1.71. The molecule has 0 aliphatic heterocycles. The van der Waals surface area contributed by atoms with E-state index in [1.54, 1.807) is 17.7 Å². The standard InChI is InChI=1S/C14H15N3O2S/c18-14(19)10-7-1-2-8(5-7)11(10)17-13-12-9(3-4-20-12)15-6-16-13/h3-4,6-8,10-11H,1-2,5H2,(H,18,19)(H,15,16,17). The predicted molar refractivity (Wildman–Crippen MR) is 76.8 cm³/mol. The Hall–Kier alpha value is -1.69. The van der Waals surface area contributed by atoms with E-state index in [9.17, 15) is 9.90 Å². The summed E-state index contributed by atoms with van der Waals surface area (Å²) in [4.78, 5) is 20.1. The number of carboxylic acid groups (broad SMARTS) is 1. The lowest BCUT2D eigenvalue weighted by atomic mass is 9.84. The van der Waals surface area contributed by atoms with E-state index >= 15 is 0 Å². The molecule has 4 rings (SSSR count). The van der Waals surface area contributed by atoms with Crippen molar-refractivity contribution in [1.82, 2.24) is 9.97 Å². The van der Waals surface area contributed by atoms with Gasteiger partial charge in [0.1, 0.15) is 12.1 Å². The lowest BCUT2D eigenvalue weighted by molar-refractivity contribution is -0.143. The number of carbonyl (C=O) groups is 1. The minimum atomic E-state index is -0.675. The van der Waals surface area contributed by atoms with E-state index in [1.807, 2.05) is 11.4 Å². The molecule has 2 aromatic heterocycles. The Morgan fingerprint density at radius 1 is 1.35 bits per heavy atom. The van der Waals surface area contributed by atoms with E-state index in [0.29, 0.717) is 11.8 Å². The van der Waals surface area contributed by atoms with Gasteiger partial charge in [-0.3, -0.25) is 4.79 Å². The van der Waals surface area contributed by atoms with Crippen molar-refractivity contribution in [3.05, 3.63) is 17.8 Å². The number of aliphatic carboxylic acids is 1. The molecule has 104 valence electrons. The monoisotopic (exact) mass is 289 g/mol. The lowest BCUT2D eigenvalue weighted by Gasteiger charge is -2.29. The highest BCUT2D eigenvalue weighted by Gasteiger charge is 2.51. The normalized spacial score (nSPS) is 31.8. The average Bonchev–Trinajstić information content (AvgIpc) is 3.13. The highest BCUT2D eigenvalue weighted by atomic mass is 32.1. The summed E-state index contributed by atoms with van der Waals surface area (Å²) in [6.45, 7) is 0. The van der Waals surface area contributed by atoms with Gasteiger partial charge < -0.3 is 10.4 Å². The van der Waals surface area contributed by atoms with Gasteiger partial charge in [-0.2, -0.15) is 0 Å². The van der Waals surface area contributed by atoms with Gasteiger partial charge in [0.05, 0.1) is 16.1 Å². The van der Waals surface area contributed by atoms with Crippen LogP contribution in [0, 0.1) is 17.8 Å². The van der Waals surface area contributed by atoms with Gasteiger partial charge >= 0.3 is 5.97 Å². The Morgan fingerprint density at radius 3 is 3.05 bits per heavy atom. The number of anilines is 1. The largest absolute Gasteiger partial charge is 0.481 e. The second-order valence-corrected chi connectivity index (χ2v) is 6.64. The van der Waals surface area contributed by atoms with Crippen molar-refractivity contribution in [2.45, 2.75) is 25.3 Å². The summed E-state index contributed by atoms with van der Waals surface area (Å²) in [5, 5.41) is 14.9. The summed E-state index contributed by atoms with van der Waals surface area (Å²) in [6, 6.07) is 1.97. The maximum Gasteiger partial charge on any atom is 0.308 e. The molecule has 2 N–H and O–H groups in total. The molecule has 0 aromatic carbocycles. The van der Waals surface area contributed by atoms with Gasteiger partial charge in [0.25, 0.3) is 0 Å². The van der Waals surface area contributed by atoms with Crippen molar-refractivity contribution in [2.24, 2.45) is 17.8 Å². The van der Waals surface area contributed by atoms with Gasteiger partial charge in [-0.15, -0.1) is 11.3 Å². The highest BCUT2D eigenvalue weighted by molar-refractivity contribution is 7.17. The highest BCUT2D eigenvalue weighted by Crippen LogP contribution is 2.49. The molecule has 2 aromatic rings. The Labute approximate surface area is 120 Å². The van der Waals surface area contributed by atoms with E-state index in [0.717, 1.165) is 35.3 Å². The second kappa shape index (κ2) is 4.41. The van der Waals surface area contributed by atoms with E-state index in [-0.39, 0.29) is 12.0 Å². The van der Waals surface area contributed by atoms with Crippen LogP contribution in [-0.4, -0.2) is 27.1 Å². The van der Waals surface area contributed by atoms with Crippen LogP contribution in [0.4, 0.5) is 5.82 Å². The SMILES string of the molecule is O=C(O)C1C2CCC(C2)C1Nc1ncnc2ccsc12. The Kier molecular flexibility index (Phi) is 2.66. The zero-order valence-corrected chi connectivity index (χ0v) is 11.6. The molecule has 4 atom stereocenters. The van der Waals surface area contributed by atoms with Crippen molar-refractivity contribution < 1.29 is 9.90 Å². The van der Waals surface area contributed by atoms with E-state index in [2.05, 4.69) is 15.3 Å². The number of rotatable bonds is 3.